The number of hydrogen-bond acceptors (Lipinski definition) is 5. The molecule has 0 unspecified atom stereocenters. The maximum absolute atomic E-state index is 13.5. The van der Waals surface area contributed by atoms with Crippen LogP contribution in [0.4, 0.5) is 18.9 Å². The number of amides is 1. The minimum atomic E-state index is -3.94. The first kappa shape index (κ1) is 19.6. The van der Waals surface area contributed by atoms with E-state index in [0.717, 1.165) is 18.4 Å². The molecule has 0 radical (unpaired) electrons. The summed E-state index contributed by atoms with van der Waals surface area (Å²) in [5.41, 5.74) is 0.177. The molecule has 1 aromatic heterocycles. The molecule has 2 aromatic carbocycles. The van der Waals surface area contributed by atoms with Gasteiger partial charge in [-0.25, -0.2) is 26.6 Å². The predicted molar refractivity (Wildman–Crippen MR) is 94.4 cm³/mol. The van der Waals surface area contributed by atoms with Gasteiger partial charge in [-0.2, -0.15) is 0 Å². The van der Waals surface area contributed by atoms with Crippen molar-refractivity contribution < 1.29 is 30.8 Å². The van der Waals surface area contributed by atoms with Crippen molar-refractivity contribution in [2.24, 2.45) is 0 Å². The van der Waals surface area contributed by atoms with Crippen LogP contribution in [0, 0.1) is 17.5 Å². The fraction of sp³-hybridized carbons (Fsp3) is 0.111. The molecule has 3 rings (SSSR count). The number of halogens is 3. The topological polar surface area (TPSA) is 89.3 Å². The van der Waals surface area contributed by atoms with E-state index in [1.807, 2.05) is 0 Å². The van der Waals surface area contributed by atoms with E-state index in [1.54, 1.807) is 0 Å². The summed E-state index contributed by atoms with van der Waals surface area (Å²) in [5.74, 6) is -4.69. The van der Waals surface area contributed by atoms with Gasteiger partial charge in [-0.1, -0.05) is 0 Å². The third-order valence-electron chi connectivity index (χ3n) is 3.57. The maximum Gasteiger partial charge on any atom is 0.239 e. The van der Waals surface area contributed by atoms with Gasteiger partial charge in [0.2, 0.25) is 11.8 Å². The number of oxazole rings is 1. The number of hydrogen-bond donors (Lipinski definition) is 1. The molecular weight excluding hydrogens is 397 g/mol. The molecule has 0 saturated heterocycles. The number of nitrogens with one attached hydrogen (secondary N) is 1. The summed E-state index contributed by atoms with van der Waals surface area (Å²) >= 11 is 0. The van der Waals surface area contributed by atoms with E-state index < -0.39 is 44.7 Å². The minimum absolute atomic E-state index is 0.0556. The Kier molecular flexibility index (Phi) is 5.50. The Morgan fingerprint density at radius 3 is 2.39 bits per heavy atom. The quantitative estimate of drug-likeness (QED) is 0.674. The summed E-state index contributed by atoms with van der Waals surface area (Å²) < 4.78 is 68.9. The molecule has 6 nitrogen and oxygen atoms in total. The van der Waals surface area contributed by atoms with Gasteiger partial charge >= 0.3 is 0 Å². The van der Waals surface area contributed by atoms with Gasteiger partial charge in [-0.3, -0.25) is 4.79 Å². The van der Waals surface area contributed by atoms with Gasteiger partial charge in [0.25, 0.3) is 0 Å². The molecule has 146 valence electrons. The van der Waals surface area contributed by atoms with Gasteiger partial charge in [0.15, 0.2) is 9.84 Å². The number of rotatable bonds is 6. The Morgan fingerprint density at radius 2 is 1.71 bits per heavy atom. The maximum atomic E-state index is 13.5. The van der Waals surface area contributed by atoms with Crippen molar-refractivity contribution in [2.75, 3.05) is 11.1 Å². The summed E-state index contributed by atoms with van der Waals surface area (Å²) in [5, 5.41) is 2.08. The van der Waals surface area contributed by atoms with Crippen molar-refractivity contribution in [1.82, 2.24) is 4.98 Å². The van der Waals surface area contributed by atoms with Gasteiger partial charge in [0, 0.05) is 11.6 Å². The molecule has 0 aliphatic carbocycles. The number of carbonyl (C=O) groups excluding carboxylic acids is 1. The molecule has 0 saturated carbocycles. The van der Waals surface area contributed by atoms with Gasteiger partial charge in [0.05, 0.1) is 17.1 Å². The highest BCUT2D eigenvalue weighted by molar-refractivity contribution is 7.91. The number of benzene rings is 2. The van der Waals surface area contributed by atoms with Crippen LogP contribution in [0.1, 0.15) is 5.69 Å². The van der Waals surface area contributed by atoms with Gasteiger partial charge < -0.3 is 9.73 Å². The zero-order valence-corrected chi connectivity index (χ0v) is 15.0. The zero-order valence-electron chi connectivity index (χ0n) is 14.2. The van der Waals surface area contributed by atoms with E-state index >= 15 is 0 Å². The van der Waals surface area contributed by atoms with Crippen LogP contribution in [0.5, 0.6) is 0 Å². The van der Waals surface area contributed by atoms with Crippen LogP contribution in [0.3, 0.4) is 0 Å². The molecule has 1 N–H and O–H groups in total. The minimum Gasteiger partial charge on any atom is -0.444 e. The highest BCUT2D eigenvalue weighted by atomic mass is 32.2. The first-order valence-corrected chi connectivity index (χ1v) is 9.70. The lowest BCUT2D eigenvalue weighted by molar-refractivity contribution is -0.113. The van der Waals surface area contributed by atoms with Crippen molar-refractivity contribution in [2.45, 2.75) is 5.75 Å². The second-order valence-electron chi connectivity index (χ2n) is 5.86. The molecule has 0 atom stereocenters. The van der Waals surface area contributed by atoms with Gasteiger partial charge in [0.1, 0.15) is 29.5 Å². The molecule has 28 heavy (non-hydrogen) atoms. The summed E-state index contributed by atoms with van der Waals surface area (Å²) in [4.78, 5) is 15.9. The van der Waals surface area contributed by atoms with Crippen LogP contribution in [-0.4, -0.2) is 25.1 Å². The highest BCUT2D eigenvalue weighted by Crippen LogP contribution is 2.20. The molecule has 0 aliphatic rings. The van der Waals surface area contributed by atoms with Crippen LogP contribution in [0.15, 0.2) is 53.1 Å². The van der Waals surface area contributed by atoms with Crippen LogP contribution in [0.25, 0.3) is 11.5 Å². The van der Waals surface area contributed by atoms with Crippen molar-refractivity contribution in [3.63, 3.8) is 0 Å². The number of carbonyl (C=O) groups is 1. The normalized spacial score (nSPS) is 11.4. The van der Waals surface area contributed by atoms with E-state index in [1.165, 1.54) is 24.3 Å². The number of nitrogens with zero attached hydrogens (tertiary/aromatic N) is 1. The van der Waals surface area contributed by atoms with Crippen molar-refractivity contribution in [1.29, 1.82) is 0 Å². The van der Waals surface area contributed by atoms with Crippen LogP contribution in [-0.2, 0) is 20.4 Å². The summed E-state index contributed by atoms with van der Waals surface area (Å²) in [7, 11) is -3.94. The standard InChI is InChI=1S/C18H13F3N2O4S/c19-12-3-1-11(2-4-12)18-22-14(8-27-18)9-28(25,26)10-17(24)23-16-6-5-13(20)7-15(16)21/h1-8H,9-10H2,(H,23,24). The van der Waals surface area contributed by atoms with E-state index in [4.69, 9.17) is 4.42 Å². The van der Waals surface area contributed by atoms with Crippen molar-refractivity contribution >= 4 is 21.4 Å². The zero-order chi connectivity index (χ0) is 20.3. The summed E-state index contributed by atoms with van der Waals surface area (Å²) in [6, 6.07) is 7.73. The third kappa shape index (κ3) is 4.97. The Hall–Kier alpha value is -3.14. The molecule has 3 aromatic rings. The van der Waals surface area contributed by atoms with Crippen LogP contribution < -0.4 is 5.32 Å². The Bertz CT molecular complexity index is 1110. The smallest absolute Gasteiger partial charge is 0.239 e. The second kappa shape index (κ2) is 7.85. The van der Waals surface area contributed by atoms with Gasteiger partial charge in [-0.15, -0.1) is 0 Å². The molecule has 0 fully saturated rings. The molecule has 1 heterocycles. The Morgan fingerprint density at radius 1 is 1.04 bits per heavy atom. The second-order valence-corrected chi connectivity index (χ2v) is 7.92. The SMILES string of the molecule is O=C(CS(=O)(=O)Cc1coc(-c2ccc(F)cc2)n1)Nc1ccc(F)cc1F. The molecular formula is C18H13F3N2O4S. The Balaban J connectivity index is 1.65. The van der Waals surface area contributed by atoms with E-state index in [-0.39, 0.29) is 17.3 Å². The Labute approximate surface area is 157 Å². The first-order valence-electron chi connectivity index (χ1n) is 7.87. The first-order chi connectivity index (χ1) is 13.2. The molecule has 0 aliphatic heterocycles. The fourth-order valence-electron chi connectivity index (χ4n) is 2.35. The number of anilines is 1. The van der Waals surface area contributed by atoms with Crippen LogP contribution >= 0.6 is 0 Å². The van der Waals surface area contributed by atoms with E-state index in [9.17, 15) is 26.4 Å². The lowest BCUT2D eigenvalue weighted by Crippen LogP contribution is -2.24. The molecule has 10 heteroatoms. The fourth-order valence-corrected chi connectivity index (χ4v) is 3.51. The third-order valence-corrected chi connectivity index (χ3v) is 5.00. The summed E-state index contributed by atoms with van der Waals surface area (Å²) in [6.07, 6.45) is 1.12. The van der Waals surface area contributed by atoms with E-state index in [2.05, 4.69) is 10.3 Å². The number of aromatic nitrogens is 1. The monoisotopic (exact) mass is 410 g/mol. The lowest BCUT2D eigenvalue weighted by Gasteiger charge is -2.06. The lowest BCUT2D eigenvalue weighted by atomic mass is 10.2. The van der Waals surface area contributed by atoms with E-state index in [0.29, 0.717) is 11.6 Å². The molecule has 0 bridgehead atoms. The average Bonchev–Trinajstić information content (AvgIpc) is 3.05. The van der Waals surface area contributed by atoms with Gasteiger partial charge in [-0.05, 0) is 36.4 Å². The van der Waals surface area contributed by atoms with Crippen LogP contribution in [0.2, 0.25) is 0 Å². The summed E-state index contributed by atoms with van der Waals surface area (Å²) in [6.45, 7) is 0. The van der Waals surface area contributed by atoms with Crippen molar-refractivity contribution in [3.05, 3.63) is 71.9 Å². The predicted octanol–water partition coefficient (Wildman–Crippen LogP) is 3.31. The average molecular weight is 410 g/mol. The number of sulfone groups is 1. The highest BCUT2D eigenvalue weighted by Gasteiger charge is 2.21. The molecule has 0 spiro atoms. The molecule has 1 amide bonds. The largest absolute Gasteiger partial charge is 0.444 e. The van der Waals surface area contributed by atoms with Crippen molar-refractivity contribution in [3.8, 4) is 11.5 Å².